The molecule has 0 unspecified atom stereocenters. The molecule has 0 radical (unpaired) electrons. The highest BCUT2D eigenvalue weighted by Gasteiger charge is 2.02. The van der Waals surface area contributed by atoms with Gasteiger partial charge in [0.2, 0.25) is 0 Å². The van der Waals surface area contributed by atoms with Crippen LogP contribution in [0.3, 0.4) is 0 Å². The minimum atomic E-state index is 0.430. The predicted molar refractivity (Wildman–Crippen MR) is 87.1 cm³/mol. The van der Waals surface area contributed by atoms with E-state index in [4.69, 9.17) is 0 Å². The summed E-state index contributed by atoms with van der Waals surface area (Å²) >= 11 is 0. The fourth-order valence-electron chi connectivity index (χ4n) is 2.44. The van der Waals surface area contributed by atoms with Gasteiger partial charge in [-0.2, -0.15) is 0 Å². The van der Waals surface area contributed by atoms with Crippen molar-refractivity contribution >= 4 is 5.78 Å². The van der Waals surface area contributed by atoms with Crippen LogP contribution >= 0.6 is 0 Å². The van der Waals surface area contributed by atoms with E-state index in [1.54, 1.807) is 0 Å². The zero-order chi connectivity index (χ0) is 14.6. The van der Waals surface area contributed by atoms with Crippen molar-refractivity contribution in [2.45, 2.75) is 78.1 Å². The van der Waals surface area contributed by atoms with Crippen molar-refractivity contribution in [3.05, 3.63) is 35.4 Å². The van der Waals surface area contributed by atoms with Gasteiger partial charge in [0, 0.05) is 12.8 Å². The lowest BCUT2D eigenvalue weighted by Gasteiger charge is -2.03. The van der Waals surface area contributed by atoms with E-state index in [0.717, 1.165) is 19.3 Å². The number of carbonyl (C=O) groups excluding carboxylic acids is 1. The molecule has 0 fully saturated rings. The Labute approximate surface area is 124 Å². The normalized spacial score (nSPS) is 10.7. The second-order valence-corrected chi connectivity index (χ2v) is 5.90. The summed E-state index contributed by atoms with van der Waals surface area (Å²) in [5.41, 5.74) is 2.56. The van der Waals surface area contributed by atoms with Crippen LogP contribution in [-0.2, 0) is 11.2 Å². The number of unbranched alkanes of at least 4 members (excludes halogenated alkanes) is 6. The maximum Gasteiger partial charge on any atom is 0.133 e. The van der Waals surface area contributed by atoms with E-state index >= 15 is 0 Å². The molecule has 0 heterocycles. The van der Waals surface area contributed by atoms with Gasteiger partial charge in [-0.1, -0.05) is 75.3 Å². The Morgan fingerprint density at radius 3 is 2.10 bits per heavy atom. The van der Waals surface area contributed by atoms with E-state index in [-0.39, 0.29) is 0 Å². The average molecular weight is 274 g/mol. The first-order valence-corrected chi connectivity index (χ1v) is 8.29. The second-order valence-electron chi connectivity index (χ2n) is 5.90. The van der Waals surface area contributed by atoms with Crippen molar-refractivity contribution in [2.24, 2.45) is 0 Å². The molecule has 0 aromatic heterocycles. The van der Waals surface area contributed by atoms with Crippen LogP contribution < -0.4 is 0 Å². The lowest BCUT2D eigenvalue weighted by Crippen LogP contribution is -2.00. The first-order chi connectivity index (χ1) is 9.72. The van der Waals surface area contributed by atoms with Crippen LogP contribution in [0.5, 0.6) is 0 Å². The topological polar surface area (TPSA) is 17.1 Å². The maximum atomic E-state index is 11.8. The third-order valence-corrected chi connectivity index (χ3v) is 3.87. The summed E-state index contributed by atoms with van der Waals surface area (Å²) in [6.45, 7) is 4.34. The van der Waals surface area contributed by atoms with Gasteiger partial charge in [0.05, 0.1) is 0 Å². The molecule has 0 saturated heterocycles. The van der Waals surface area contributed by atoms with Crippen LogP contribution in [0.4, 0.5) is 0 Å². The van der Waals surface area contributed by atoms with Crippen molar-refractivity contribution in [3.8, 4) is 0 Å². The zero-order valence-electron chi connectivity index (χ0n) is 13.3. The van der Waals surface area contributed by atoms with Crippen molar-refractivity contribution < 1.29 is 4.79 Å². The van der Waals surface area contributed by atoms with E-state index in [2.05, 4.69) is 38.1 Å². The van der Waals surface area contributed by atoms with E-state index in [9.17, 15) is 4.79 Å². The van der Waals surface area contributed by atoms with Crippen LogP contribution in [0.1, 0.15) is 75.8 Å². The van der Waals surface area contributed by atoms with Crippen LogP contribution in [0.25, 0.3) is 0 Å². The zero-order valence-corrected chi connectivity index (χ0v) is 13.3. The van der Waals surface area contributed by atoms with Gasteiger partial charge >= 0.3 is 0 Å². The van der Waals surface area contributed by atoms with Crippen molar-refractivity contribution in [2.75, 3.05) is 0 Å². The summed E-state index contributed by atoms with van der Waals surface area (Å²) in [6.07, 6.45) is 11.3. The number of aryl methyl sites for hydroxylation is 2. The van der Waals surface area contributed by atoms with Crippen LogP contribution in [0.2, 0.25) is 0 Å². The molecule has 0 saturated carbocycles. The highest BCUT2D eigenvalue weighted by Crippen LogP contribution is 2.11. The third kappa shape index (κ3) is 8.14. The fraction of sp³-hybridized carbons (Fsp3) is 0.632. The predicted octanol–water partition coefficient (Wildman–Crippen LogP) is 5.64. The Balaban J connectivity index is 2.01. The van der Waals surface area contributed by atoms with Gasteiger partial charge in [-0.3, -0.25) is 4.79 Å². The highest BCUT2D eigenvalue weighted by molar-refractivity contribution is 5.78. The molecule has 1 heteroatoms. The molecule has 0 aliphatic rings. The van der Waals surface area contributed by atoms with Crippen LogP contribution in [0, 0.1) is 6.92 Å². The summed E-state index contributed by atoms with van der Waals surface area (Å²) in [4.78, 5) is 11.8. The largest absolute Gasteiger partial charge is 0.300 e. The molecule has 0 aliphatic heterocycles. The molecule has 0 spiro atoms. The molecule has 1 nitrogen and oxygen atoms in total. The summed E-state index contributed by atoms with van der Waals surface area (Å²) in [7, 11) is 0. The van der Waals surface area contributed by atoms with Crippen LogP contribution in [-0.4, -0.2) is 5.78 Å². The number of hydrogen-bond acceptors (Lipinski definition) is 1. The lowest BCUT2D eigenvalue weighted by molar-refractivity contribution is -0.119. The van der Waals surface area contributed by atoms with E-state index in [1.165, 1.54) is 49.7 Å². The average Bonchev–Trinajstić information content (AvgIpc) is 2.46. The van der Waals surface area contributed by atoms with Gasteiger partial charge < -0.3 is 0 Å². The van der Waals surface area contributed by atoms with E-state index in [0.29, 0.717) is 12.2 Å². The highest BCUT2D eigenvalue weighted by atomic mass is 16.1. The maximum absolute atomic E-state index is 11.8. The number of carbonyl (C=O) groups is 1. The minimum Gasteiger partial charge on any atom is -0.300 e. The fourth-order valence-corrected chi connectivity index (χ4v) is 2.44. The number of hydrogen-bond donors (Lipinski definition) is 0. The molecule has 1 rings (SSSR count). The molecular weight excluding hydrogens is 244 g/mol. The summed E-state index contributed by atoms with van der Waals surface area (Å²) in [6, 6.07) is 8.51. The molecule has 0 aliphatic carbocycles. The summed E-state index contributed by atoms with van der Waals surface area (Å²) in [5, 5.41) is 0. The summed E-state index contributed by atoms with van der Waals surface area (Å²) in [5.74, 6) is 0.430. The lowest BCUT2D eigenvalue weighted by atomic mass is 10.0. The van der Waals surface area contributed by atoms with Gasteiger partial charge in [0.15, 0.2) is 0 Å². The molecule has 0 amide bonds. The first kappa shape index (κ1) is 16.9. The van der Waals surface area contributed by atoms with Gasteiger partial charge in [-0.25, -0.2) is 0 Å². The van der Waals surface area contributed by atoms with Gasteiger partial charge in [0.25, 0.3) is 0 Å². The van der Waals surface area contributed by atoms with Gasteiger partial charge in [-0.05, 0) is 25.3 Å². The first-order valence-electron chi connectivity index (χ1n) is 8.29. The number of benzene rings is 1. The second kappa shape index (κ2) is 10.7. The molecule has 0 atom stereocenters. The van der Waals surface area contributed by atoms with Crippen molar-refractivity contribution in [1.82, 2.24) is 0 Å². The Bertz CT molecular complexity index is 364. The molecule has 0 N–H and O–H groups in total. The van der Waals surface area contributed by atoms with E-state index in [1.807, 2.05) is 0 Å². The van der Waals surface area contributed by atoms with Gasteiger partial charge in [-0.15, -0.1) is 0 Å². The number of Topliss-reactive ketones (excluding diaryl/α,β-unsaturated/α-hetero) is 1. The van der Waals surface area contributed by atoms with Crippen molar-refractivity contribution in [1.29, 1.82) is 0 Å². The number of rotatable bonds is 11. The summed E-state index contributed by atoms with van der Waals surface area (Å²) < 4.78 is 0. The van der Waals surface area contributed by atoms with Crippen LogP contribution in [0.15, 0.2) is 24.3 Å². The Morgan fingerprint density at radius 2 is 1.45 bits per heavy atom. The monoisotopic (exact) mass is 274 g/mol. The minimum absolute atomic E-state index is 0.430. The van der Waals surface area contributed by atoms with Gasteiger partial charge in [0.1, 0.15) is 5.78 Å². The molecule has 20 heavy (non-hydrogen) atoms. The molecular formula is C19H30O. The number of ketones is 1. The molecule has 1 aromatic rings. The van der Waals surface area contributed by atoms with E-state index < -0.39 is 0 Å². The smallest absolute Gasteiger partial charge is 0.133 e. The Morgan fingerprint density at radius 1 is 0.850 bits per heavy atom. The quantitative estimate of drug-likeness (QED) is 0.477. The Hall–Kier alpha value is -1.11. The van der Waals surface area contributed by atoms with Crippen molar-refractivity contribution in [3.63, 3.8) is 0 Å². The molecule has 112 valence electrons. The molecule has 0 bridgehead atoms. The SMILES string of the molecule is CCCCCCCCCC(=O)CCc1ccc(C)cc1. The standard InChI is InChI=1S/C19H30O/c1-3-4-5-6-7-8-9-10-19(20)16-15-18-13-11-17(2)12-14-18/h11-14H,3-10,15-16H2,1-2H3. The molecule has 1 aromatic carbocycles. The Kier molecular flexibility index (Phi) is 9.02. The third-order valence-electron chi connectivity index (χ3n) is 3.87.